The van der Waals surface area contributed by atoms with Crippen LogP contribution >= 0.6 is 15.9 Å². The molecule has 1 aliphatic carbocycles. The molecule has 2 rings (SSSR count). The summed E-state index contributed by atoms with van der Waals surface area (Å²) < 4.78 is 26.6. The lowest BCUT2D eigenvalue weighted by molar-refractivity contribution is 0.0929. The fourth-order valence-corrected chi connectivity index (χ4v) is 3.07. The summed E-state index contributed by atoms with van der Waals surface area (Å²) in [6, 6.07) is 3.61. The highest BCUT2D eigenvalue weighted by atomic mass is 79.9. The maximum atomic E-state index is 13.5. The molecule has 1 saturated carbocycles. The molecule has 1 amide bonds. The van der Waals surface area contributed by atoms with Gasteiger partial charge in [-0.1, -0.05) is 41.3 Å². The average Bonchev–Trinajstić information content (AvgIpc) is 2.58. The second-order valence-corrected chi connectivity index (χ2v) is 6.01. The molecule has 1 aromatic carbocycles. The highest BCUT2D eigenvalue weighted by molar-refractivity contribution is 9.09. The highest BCUT2D eigenvalue weighted by Crippen LogP contribution is 2.24. The van der Waals surface area contributed by atoms with Crippen LogP contribution < -0.4 is 5.32 Å². The van der Waals surface area contributed by atoms with Crippen molar-refractivity contribution >= 4 is 21.8 Å². The van der Waals surface area contributed by atoms with Crippen LogP contribution in [0.15, 0.2) is 18.2 Å². The Balaban J connectivity index is 2.09. The second-order valence-electron chi connectivity index (χ2n) is 4.84. The fourth-order valence-electron chi connectivity index (χ4n) is 2.35. The quantitative estimate of drug-likeness (QED) is 0.648. The lowest BCUT2D eigenvalue weighted by atomic mass is 10.1. The van der Waals surface area contributed by atoms with Crippen LogP contribution in [-0.2, 0) is 0 Å². The normalized spacial score (nSPS) is 23.7. The molecule has 0 radical (unpaired) electrons. The van der Waals surface area contributed by atoms with Gasteiger partial charge in [0.05, 0.1) is 5.56 Å². The Morgan fingerprint density at radius 2 is 1.95 bits per heavy atom. The molecule has 0 aliphatic heterocycles. The van der Waals surface area contributed by atoms with Gasteiger partial charge in [-0.2, -0.15) is 0 Å². The Kier molecular flexibility index (Phi) is 4.91. The van der Waals surface area contributed by atoms with Crippen LogP contribution in [-0.4, -0.2) is 16.8 Å². The van der Waals surface area contributed by atoms with Gasteiger partial charge in [-0.25, -0.2) is 8.78 Å². The average molecular weight is 332 g/mol. The molecule has 5 heteroatoms. The molecule has 2 nitrogen and oxygen atoms in total. The maximum Gasteiger partial charge on any atom is 0.254 e. The second kappa shape index (κ2) is 6.46. The summed E-state index contributed by atoms with van der Waals surface area (Å²) in [5.74, 6) is -2.63. The number of hydrogen-bond acceptors (Lipinski definition) is 1. The Labute approximate surface area is 119 Å². The third kappa shape index (κ3) is 3.53. The van der Waals surface area contributed by atoms with Crippen molar-refractivity contribution in [2.24, 2.45) is 0 Å². The van der Waals surface area contributed by atoms with Crippen molar-refractivity contribution in [1.82, 2.24) is 5.32 Å². The van der Waals surface area contributed by atoms with Gasteiger partial charge in [0.15, 0.2) is 11.6 Å². The fraction of sp³-hybridized carbons (Fsp3) is 0.500. The summed E-state index contributed by atoms with van der Waals surface area (Å²) in [7, 11) is 0. The van der Waals surface area contributed by atoms with Crippen LogP contribution in [0, 0.1) is 11.6 Å². The van der Waals surface area contributed by atoms with Crippen molar-refractivity contribution in [1.29, 1.82) is 0 Å². The minimum absolute atomic E-state index is 0.0299. The molecule has 2 atom stereocenters. The van der Waals surface area contributed by atoms with Gasteiger partial charge < -0.3 is 5.32 Å². The van der Waals surface area contributed by atoms with Crippen molar-refractivity contribution in [2.75, 3.05) is 0 Å². The van der Waals surface area contributed by atoms with Crippen LogP contribution in [0.1, 0.15) is 42.5 Å². The molecule has 0 bridgehead atoms. The lowest BCUT2D eigenvalue weighted by Gasteiger charge is -2.21. The minimum atomic E-state index is -1.08. The summed E-state index contributed by atoms with van der Waals surface area (Å²) in [6.07, 6.45) is 5.15. The van der Waals surface area contributed by atoms with E-state index >= 15 is 0 Å². The van der Waals surface area contributed by atoms with Gasteiger partial charge >= 0.3 is 0 Å². The van der Waals surface area contributed by atoms with Crippen molar-refractivity contribution in [3.63, 3.8) is 0 Å². The monoisotopic (exact) mass is 331 g/mol. The predicted octanol–water partition coefficient (Wildman–Crippen LogP) is 3.79. The summed E-state index contributed by atoms with van der Waals surface area (Å²) in [5.41, 5.74) is -0.232. The number of rotatable bonds is 2. The molecular weight excluding hydrogens is 316 g/mol. The Hall–Kier alpha value is -0.970. The van der Waals surface area contributed by atoms with E-state index in [9.17, 15) is 13.6 Å². The zero-order valence-electron chi connectivity index (χ0n) is 10.5. The zero-order valence-corrected chi connectivity index (χ0v) is 12.1. The number of hydrogen-bond donors (Lipinski definition) is 1. The van der Waals surface area contributed by atoms with Crippen LogP contribution in [0.2, 0.25) is 0 Å². The Bertz CT molecular complexity index is 467. The first-order valence-corrected chi connectivity index (χ1v) is 7.40. The van der Waals surface area contributed by atoms with E-state index in [1.165, 1.54) is 12.1 Å². The zero-order chi connectivity index (χ0) is 13.8. The minimum Gasteiger partial charge on any atom is -0.348 e. The van der Waals surface area contributed by atoms with E-state index < -0.39 is 17.5 Å². The molecule has 1 aromatic rings. The molecule has 1 aliphatic rings. The number of nitrogens with one attached hydrogen (secondary N) is 1. The molecule has 0 aromatic heterocycles. The molecule has 1 fully saturated rings. The standard InChI is InChI=1S/C14H16BrF2NO/c15-10-6-2-1-3-8-12(10)18-14(19)9-5-4-7-11(16)13(9)17/h4-5,7,10,12H,1-3,6,8H2,(H,18,19). The van der Waals surface area contributed by atoms with E-state index in [4.69, 9.17) is 0 Å². The molecule has 104 valence electrons. The molecule has 0 heterocycles. The van der Waals surface area contributed by atoms with Crippen molar-refractivity contribution in [2.45, 2.75) is 43.0 Å². The molecule has 1 N–H and O–H groups in total. The van der Waals surface area contributed by atoms with E-state index in [0.29, 0.717) is 0 Å². The van der Waals surface area contributed by atoms with Crippen molar-refractivity contribution < 1.29 is 13.6 Å². The predicted molar refractivity (Wildman–Crippen MR) is 73.4 cm³/mol. The van der Waals surface area contributed by atoms with E-state index in [2.05, 4.69) is 21.2 Å². The highest BCUT2D eigenvalue weighted by Gasteiger charge is 2.24. The van der Waals surface area contributed by atoms with Crippen LogP contribution in [0.25, 0.3) is 0 Å². The van der Waals surface area contributed by atoms with E-state index in [1.807, 2.05) is 0 Å². The van der Waals surface area contributed by atoms with Gasteiger partial charge in [-0.15, -0.1) is 0 Å². The number of carbonyl (C=O) groups excluding carboxylic acids is 1. The molecule has 19 heavy (non-hydrogen) atoms. The first-order chi connectivity index (χ1) is 9.09. The molecule has 2 unspecified atom stereocenters. The van der Waals surface area contributed by atoms with Crippen molar-refractivity contribution in [3.8, 4) is 0 Å². The summed E-state index contributed by atoms with van der Waals surface area (Å²) >= 11 is 3.56. The van der Waals surface area contributed by atoms with Gasteiger partial charge in [0, 0.05) is 10.9 Å². The topological polar surface area (TPSA) is 29.1 Å². The first-order valence-electron chi connectivity index (χ1n) is 6.48. The van der Waals surface area contributed by atoms with Gasteiger partial charge in [0.2, 0.25) is 0 Å². The number of carbonyl (C=O) groups is 1. The molecular formula is C14H16BrF2NO. The van der Waals surface area contributed by atoms with Gasteiger partial charge in [-0.3, -0.25) is 4.79 Å². The van der Waals surface area contributed by atoms with Crippen molar-refractivity contribution in [3.05, 3.63) is 35.4 Å². The molecule has 0 saturated heterocycles. The smallest absolute Gasteiger partial charge is 0.254 e. The number of alkyl halides is 1. The number of benzene rings is 1. The summed E-state index contributed by atoms with van der Waals surface area (Å²) in [6.45, 7) is 0. The third-order valence-electron chi connectivity index (χ3n) is 3.44. The Morgan fingerprint density at radius 1 is 1.21 bits per heavy atom. The number of halogens is 3. The maximum absolute atomic E-state index is 13.5. The van der Waals surface area contributed by atoms with E-state index in [-0.39, 0.29) is 16.4 Å². The van der Waals surface area contributed by atoms with Crippen LogP contribution in [0.5, 0.6) is 0 Å². The van der Waals surface area contributed by atoms with E-state index in [1.54, 1.807) is 0 Å². The largest absolute Gasteiger partial charge is 0.348 e. The van der Waals surface area contributed by atoms with Gasteiger partial charge in [-0.05, 0) is 25.0 Å². The SMILES string of the molecule is O=C(NC1CCCCCC1Br)c1cccc(F)c1F. The third-order valence-corrected chi connectivity index (χ3v) is 4.54. The van der Waals surface area contributed by atoms with Gasteiger partial charge in [0.1, 0.15) is 0 Å². The first kappa shape index (κ1) is 14.4. The number of amides is 1. The summed E-state index contributed by atoms with van der Waals surface area (Å²) in [5, 5.41) is 2.80. The van der Waals surface area contributed by atoms with Crippen LogP contribution in [0.3, 0.4) is 0 Å². The summed E-state index contributed by atoms with van der Waals surface area (Å²) in [4.78, 5) is 12.2. The van der Waals surface area contributed by atoms with Gasteiger partial charge in [0.25, 0.3) is 5.91 Å². The van der Waals surface area contributed by atoms with E-state index in [0.717, 1.165) is 38.2 Å². The molecule has 0 spiro atoms. The van der Waals surface area contributed by atoms with Crippen LogP contribution in [0.4, 0.5) is 8.78 Å². The lowest BCUT2D eigenvalue weighted by Crippen LogP contribution is -2.40. The Morgan fingerprint density at radius 3 is 2.74 bits per heavy atom.